The number of piperidine rings is 1. The van der Waals surface area contributed by atoms with Gasteiger partial charge < -0.3 is 4.90 Å². The quantitative estimate of drug-likeness (QED) is 0.697. The number of rotatable bonds is 1. The van der Waals surface area contributed by atoms with Gasteiger partial charge in [-0.05, 0) is 47.3 Å². The van der Waals surface area contributed by atoms with Crippen LogP contribution in [0.25, 0.3) is 0 Å². The molecule has 2 rings (SSSR count). The van der Waals surface area contributed by atoms with Crippen LogP contribution in [0.4, 0.5) is 0 Å². The summed E-state index contributed by atoms with van der Waals surface area (Å²) in [5.41, 5.74) is 0.560. The third-order valence-electron chi connectivity index (χ3n) is 2.87. The Morgan fingerprint density at radius 2 is 1.65 bits per heavy atom. The molecule has 0 saturated carbocycles. The Labute approximate surface area is 119 Å². The average Bonchev–Trinajstić information content (AvgIpc) is 2.35. The summed E-state index contributed by atoms with van der Waals surface area (Å²) in [6.45, 7) is 1.65. The fourth-order valence-electron chi connectivity index (χ4n) is 1.96. The highest BCUT2D eigenvalue weighted by Gasteiger charge is 2.19. The van der Waals surface area contributed by atoms with Crippen LogP contribution in [0.3, 0.4) is 0 Å². The fourth-order valence-corrected chi connectivity index (χ4v) is 2.67. The smallest absolute Gasteiger partial charge is 0.253 e. The summed E-state index contributed by atoms with van der Waals surface area (Å²) in [4.78, 5) is 14.1. The zero-order chi connectivity index (χ0) is 12.4. The summed E-state index contributed by atoms with van der Waals surface area (Å²) in [5.74, 6) is 0.0148. The maximum atomic E-state index is 12.2. The summed E-state index contributed by atoms with van der Waals surface area (Å²) in [6.07, 6.45) is 3.35. The first-order valence-electron chi connectivity index (χ1n) is 5.53. The lowest BCUT2D eigenvalue weighted by Crippen LogP contribution is -2.35. The number of hydrogen-bond acceptors (Lipinski definition) is 1. The van der Waals surface area contributed by atoms with Gasteiger partial charge in [-0.3, -0.25) is 4.79 Å². The van der Waals surface area contributed by atoms with Crippen LogP contribution in [0, 0.1) is 0 Å². The maximum Gasteiger partial charge on any atom is 0.253 e. The van der Waals surface area contributed by atoms with Crippen LogP contribution >= 0.6 is 39.1 Å². The summed E-state index contributed by atoms with van der Waals surface area (Å²) in [7, 11) is 0. The number of benzene rings is 1. The minimum absolute atomic E-state index is 0.0148. The lowest BCUT2D eigenvalue weighted by atomic mass is 10.1. The van der Waals surface area contributed by atoms with Gasteiger partial charge in [0.25, 0.3) is 5.91 Å². The lowest BCUT2D eigenvalue weighted by molar-refractivity contribution is 0.0724. The van der Waals surface area contributed by atoms with Crippen molar-refractivity contribution < 1.29 is 4.79 Å². The number of hydrogen-bond donors (Lipinski definition) is 0. The molecular formula is C12H12BrCl2NO. The molecule has 5 heteroatoms. The summed E-state index contributed by atoms with van der Waals surface area (Å²) >= 11 is 15.3. The molecule has 1 aromatic rings. The standard InChI is InChI=1S/C12H12BrCl2NO/c13-11-9(14)6-8(7-10(11)15)12(17)16-4-2-1-3-5-16/h6-7H,1-5H2. The van der Waals surface area contributed by atoms with Crippen molar-refractivity contribution in [2.24, 2.45) is 0 Å². The van der Waals surface area contributed by atoms with Crippen LogP contribution in [0.15, 0.2) is 16.6 Å². The van der Waals surface area contributed by atoms with Crippen LogP contribution in [0.1, 0.15) is 29.6 Å². The number of likely N-dealkylation sites (tertiary alicyclic amines) is 1. The van der Waals surface area contributed by atoms with Gasteiger partial charge in [0.2, 0.25) is 0 Å². The summed E-state index contributed by atoms with van der Waals surface area (Å²) in [5, 5.41) is 0.940. The molecule has 0 radical (unpaired) electrons. The van der Waals surface area contributed by atoms with Gasteiger partial charge in [0.05, 0.1) is 14.5 Å². The van der Waals surface area contributed by atoms with Crippen molar-refractivity contribution in [1.29, 1.82) is 0 Å². The molecule has 1 heterocycles. The minimum atomic E-state index is 0.0148. The molecule has 0 atom stereocenters. The Balaban J connectivity index is 2.24. The van der Waals surface area contributed by atoms with E-state index >= 15 is 0 Å². The van der Waals surface area contributed by atoms with E-state index in [0.29, 0.717) is 20.1 Å². The third kappa shape index (κ3) is 2.95. The highest BCUT2D eigenvalue weighted by atomic mass is 79.9. The van der Waals surface area contributed by atoms with Gasteiger partial charge in [0.15, 0.2) is 0 Å². The molecule has 0 spiro atoms. The number of nitrogens with zero attached hydrogens (tertiary/aromatic N) is 1. The Hall–Kier alpha value is -0.250. The zero-order valence-electron chi connectivity index (χ0n) is 9.18. The highest BCUT2D eigenvalue weighted by molar-refractivity contribution is 9.10. The van der Waals surface area contributed by atoms with Gasteiger partial charge in [0.1, 0.15) is 0 Å². The molecule has 0 N–H and O–H groups in total. The summed E-state index contributed by atoms with van der Waals surface area (Å²) < 4.78 is 0.635. The zero-order valence-corrected chi connectivity index (χ0v) is 12.3. The molecule has 1 aliphatic rings. The SMILES string of the molecule is O=C(c1cc(Cl)c(Br)c(Cl)c1)N1CCCCC1. The molecule has 1 saturated heterocycles. The highest BCUT2D eigenvalue weighted by Crippen LogP contribution is 2.32. The van der Waals surface area contributed by atoms with E-state index in [9.17, 15) is 4.79 Å². The van der Waals surface area contributed by atoms with Gasteiger partial charge in [0, 0.05) is 18.7 Å². The number of halogens is 3. The van der Waals surface area contributed by atoms with Crippen LogP contribution in [-0.4, -0.2) is 23.9 Å². The first kappa shape index (κ1) is 13.2. The fraction of sp³-hybridized carbons (Fsp3) is 0.417. The molecule has 0 bridgehead atoms. The molecule has 0 aliphatic carbocycles. The molecule has 0 aromatic heterocycles. The van der Waals surface area contributed by atoms with E-state index in [1.165, 1.54) is 6.42 Å². The van der Waals surface area contributed by atoms with E-state index in [4.69, 9.17) is 23.2 Å². The Kier molecular flexibility index (Phi) is 4.34. The molecule has 1 aliphatic heterocycles. The van der Waals surface area contributed by atoms with E-state index < -0.39 is 0 Å². The monoisotopic (exact) mass is 335 g/mol. The number of carbonyl (C=O) groups excluding carboxylic acids is 1. The van der Waals surface area contributed by atoms with Crippen molar-refractivity contribution in [2.75, 3.05) is 13.1 Å². The second-order valence-electron chi connectivity index (χ2n) is 4.11. The molecule has 1 amide bonds. The van der Waals surface area contributed by atoms with Gasteiger partial charge in [-0.15, -0.1) is 0 Å². The van der Waals surface area contributed by atoms with Gasteiger partial charge in [-0.1, -0.05) is 23.2 Å². The molecule has 17 heavy (non-hydrogen) atoms. The van der Waals surface area contributed by atoms with Crippen LogP contribution < -0.4 is 0 Å². The first-order valence-corrected chi connectivity index (χ1v) is 7.08. The third-order valence-corrected chi connectivity index (χ3v) is 4.78. The van der Waals surface area contributed by atoms with Gasteiger partial charge in [-0.2, -0.15) is 0 Å². The van der Waals surface area contributed by atoms with Crippen molar-refractivity contribution in [3.63, 3.8) is 0 Å². The number of amides is 1. The molecule has 0 unspecified atom stereocenters. The predicted molar refractivity (Wildman–Crippen MR) is 73.9 cm³/mol. The molecule has 92 valence electrons. The van der Waals surface area contributed by atoms with Crippen molar-refractivity contribution in [3.8, 4) is 0 Å². The van der Waals surface area contributed by atoms with E-state index in [-0.39, 0.29) is 5.91 Å². The van der Waals surface area contributed by atoms with Crippen molar-refractivity contribution >= 4 is 45.0 Å². The van der Waals surface area contributed by atoms with Crippen LogP contribution in [0.2, 0.25) is 10.0 Å². The molecule has 1 aromatic carbocycles. The second kappa shape index (κ2) is 5.59. The second-order valence-corrected chi connectivity index (χ2v) is 5.71. The average molecular weight is 337 g/mol. The maximum absolute atomic E-state index is 12.2. The lowest BCUT2D eigenvalue weighted by Gasteiger charge is -2.26. The van der Waals surface area contributed by atoms with E-state index in [0.717, 1.165) is 25.9 Å². The topological polar surface area (TPSA) is 20.3 Å². The Morgan fingerprint density at radius 3 is 2.18 bits per heavy atom. The molecular weight excluding hydrogens is 325 g/mol. The first-order chi connectivity index (χ1) is 8.09. The predicted octanol–water partition coefficient (Wildman–Crippen LogP) is 4.38. The number of carbonyl (C=O) groups is 1. The van der Waals surface area contributed by atoms with E-state index in [1.54, 1.807) is 12.1 Å². The Morgan fingerprint density at radius 1 is 1.12 bits per heavy atom. The molecule has 2 nitrogen and oxygen atoms in total. The van der Waals surface area contributed by atoms with E-state index in [2.05, 4.69) is 15.9 Å². The van der Waals surface area contributed by atoms with Crippen molar-refractivity contribution in [3.05, 3.63) is 32.2 Å². The van der Waals surface area contributed by atoms with Gasteiger partial charge in [-0.25, -0.2) is 0 Å². The summed E-state index contributed by atoms with van der Waals surface area (Å²) in [6, 6.07) is 3.32. The molecule has 1 fully saturated rings. The Bertz CT molecular complexity index is 421. The van der Waals surface area contributed by atoms with E-state index in [1.807, 2.05) is 4.90 Å². The van der Waals surface area contributed by atoms with Crippen molar-refractivity contribution in [1.82, 2.24) is 4.90 Å². The normalized spacial score (nSPS) is 16.1. The van der Waals surface area contributed by atoms with Gasteiger partial charge >= 0.3 is 0 Å². The van der Waals surface area contributed by atoms with Crippen LogP contribution in [-0.2, 0) is 0 Å². The van der Waals surface area contributed by atoms with Crippen molar-refractivity contribution in [2.45, 2.75) is 19.3 Å². The largest absolute Gasteiger partial charge is 0.339 e. The minimum Gasteiger partial charge on any atom is -0.339 e. The van der Waals surface area contributed by atoms with Crippen LogP contribution in [0.5, 0.6) is 0 Å².